The molecule has 18 heavy (non-hydrogen) atoms. The molecule has 0 aromatic heterocycles. The number of nitrogens with zero attached hydrogens (tertiary/aromatic N) is 2. The lowest BCUT2D eigenvalue weighted by Gasteiger charge is -2.12. The Kier molecular flexibility index (Phi) is 5.61. The summed E-state index contributed by atoms with van der Waals surface area (Å²) in [6, 6.07) is 7.50. The normalized spacial score (nSPS) is 11.6. The lowest BCUT2D eigenvalue weighted by Crippen LogP contribution is -2.33. The minimum Gasteiger partial charge on any atom is -0.491 e. The fourth-order valence-electron chi connectivity index (χ4n) is 1.30. The highest BCUT2D eigenvalue weighted by molar-refractivity contribution is 5.36. The van der Waals surface area contributed by atoms with E-state index in [0.29, 0.717) is 5.75 Å². The van der Waals surface area contributed by atoms with Gasteiger partial charge in [-0.2, -0.15) is 5.26 Å². The molecule has 0 saturated heterocycles. The van der Waals surface area contributed by atoms with Crippen molar-refractivity contribution in [2.45, 2.75) is 19.4 Å². The smallest absolute Gasteiger partial charge is 0.269 e. The number of hydrogen-bond acceptors (Lipinski definition) is 5. The second-order valence-electron chi connectivity index (χ2n) is 3.70. The molecular formula is C12H15N3O3. The molecule has 0 radical (unpaired) electrons. The molecular weight excluding hydrogens is 234 g/mol. The van der Waals surface area contributed by atoms with Gasteiger partial charge in [0.1, 0.15) is 18.4 Å². The van der Waals surface area contributed by atoms with Crippen LogP contribution < -0.4 is 10.1 Å². The number of nitrogens with one attached hydrogen (secondary N) is 1. The highest BCUT2D eigenvalue weighted by Gasteiger charge is 2.08. The van der Waals surface area contributed by atoms with Gasteiger partial charge in [-0.15, -0.1) is 0 Å². The first-order valence-electron chi connectivity index (χ1n) is 5.67. The summed E-state index contributed by atoms with van der Waals surface area (Å²) < 4.78 is 5.38. The van der Waals surface area contributed by atoms with Gasteiger partial charge in [0.15, 0.2) is 0 Å². The molecule has 1 aromatic carbocycles. The van der Waals surface area contributed by atoms with Crippen LogP contribution in [0, 0.1) is 21.4 Å². The second-order valence-corrected chi connectivity index (χ2v) is 3.70. The van der Waals surface area contributed by atoms with E-state index in [1.807, 2.05) is 6.92 Å². The Morgan fingerprint density at radius 1 is 1.50 bits per heavy atom. The van der Waals surface area contributed by atoms with E-state index < -0.39 is 4.92 Å². The van der Waals surface area contributed by atoms with Crippen LogP contribution >= 0.6 is 0 Å². The zero-order valence-electron chi connectivity index (χ0n) is 10.1. The van der Waals surface area contributed by atoms with Crippen LogP contribution in [0.15, 0.2) is 24.3 Å². The quantitative estimate of drug-likeness (QED) is 0.588. The predicted molar refractivity (Wildman–Crippen MR) is 66.3 cm³/mol. The molecule has 0 saturated carbocycles. The van der Waals surface area contributed by atoms with Crippen molar-refractivity contribution in [2.24, 2.45) is 0 Å². The maximum atomic E-state index is 10.5. The zero-order chi connectivity index (χ0) is 13.4. The highest BCUT2D eigenvalue weighted by atomic mass is 16.6. The number of nitro benzene ring substituents is 1. The van der Waals surface area contributed by atoms with E-state index in [0.717, 1.165) is 13.0 Å². The van der Waals surface area contributed by atoms with E-state index in [4.69, 9.17) is 10.00 Å². The van der Waals surface area contributed by atoms with Gasteiger partial charge in [0, 0.05) is 12.1 Å². The first-order valence-corrected chi connectivity index (χ1v) is 5.67. The first kappa shape index (κ1) is 13.9. The van der Waals surface area contributed by atoms with Gasteiger partial charge in [-0.1, -0.05) is 6.92 Å². The second kappa shape index (κ2) is 7.25. The monoisotopic (exact) mass is 249 g/mol. The van der Waals surface area contributed by atoms with Gasteiger partial charge in [-0.05, 0) is 25.1 Å². The van der Waals surface area contributed by atoms with Crippen LogP contribution in [0.5, 0.6) is 5.75 Å². The molecule has 6 nitrogen and oxygen atoms in total. The number of benzene rings is 1. The third-order valence-corrected chi connectivity index (χ3v) is 2.26. The Morgan fingerprint density at radius 3 is 2.67 bits per heavy atom. The van der Waals surface area contributed by atoms with Gasteiger partial charge in [-0.3, -0.25) is 15.4 Å². The van der Waals surface area contributed by atoms with Gasteiger partial charge in [-0.25, -0.2) is 0 Å². The average Bonchev–Trinajstić information content (AvgIpc) is 2.39. The molecule has 0 spiro atoms. The number of rotatable bonds is 7. The minimum absolute atomic E-state index is 0.0169. The highest BCUT2D eigenvalue weighted by Crippen LogP contribution is 2.17. The number of hydrogen-bond donors (Lipinski definition) is 1. The summed E-state index contributed by atoms with van der Waals surface area (Å²) in [4.78, 5) is 9.99. The van der Waals surface area contributed by atoms with Crippen molar-refractivity contribution in [1.29, 1.82) is 5.26 Å². The van der Waals surface area contributed by atoms with Crippen LogP contribution in [0.4, 0.5) is 5.69 Å². The van der Waals surface area contributed by atoms with Crippen molar-refractivity contribution < 1.29 is 9.66 Å². The molecule has 0 aliphatic carbocycles. The molecule has 1 aromatic rings. The van der Waals surface area contributed by atoms with Crippen molar-refractivity contribution >= 4 is 5.69 Å². The van der Waals surface area contributed by atoms with Crippen molar-refractivity contribution in [1.82, 2.24) is 5.32 Å². The number of nitro groups is 1. The van der Waals surface area contributed by atoms with Crippen molar-refractivity contribution in [2.75, 3.05) is 13.2 Å². The summed E-state index contributed by atoms with van der Waals surface area (Å²) in [5, 5.41) is 22.3. The van der Waals surface area contributed by atoms with E-state index in [1.165, 1.54) is 24.3 Å². The summed E-state index contributed by atoms with van der Waals surface area (Å²) in [7, 11) is 0. The molecule has 0 amide bonds. The molecule has 1 N–H and O–H groups in total. The predicted octanol–water partition coefficient (Wildman–Crippen LogP) is 1.87. The van der Waals surface area contributed by atoms with E-state index in [-0.39, 0.29) is 18.3 Å². The molecule has 1 rings (SSSR count). The summed E-state index contributed by atoms with van der Waals surface area (Å²) in [5.74, 6) is 0.513. The fraction of sp³-hybridized carbons (Fsp3) is 0.417. The van der Waals surface area contributed by atoms with Crippen LogP contribution in [0.2, 0.25) is 0 Å². The van der Waals surface area contributed by atoms with E-state index in [1.54, 1.807) is 0 Å². The SMILES string of the molecule is CCCNC(C#N)COc1ccc([N+](=O)[O-])cc1. The Bertz CT molecular complexity index is 425. The Morgan fingerprint density at radius 2 is 2.17 bits per heavy atom. The molecule has 0 heterocycles. The summed E-state index contributed by atoms with van der Waals surface area (Å²) >= 11 is 0. The van der Waals surface area contributed by atoms with Gasteiger partial charge in [0.2, 0.25) is 0 Å². The molecule has 0 fully saturated rings. The van der Waals surface area contributed by atoms with Gasteiger partial charge in [0.25, 0.3) is 5.69 Å². The minimum atomic E-state index is -0.468. The van der Waals surface area contributed by atoms with Crippen LogP contribution in [0.1, 0.15) is 13.3 Å². The third-order valence-electron chi connectivity index (χ3n) is 2.26. The van der Waals surface area contributed by atoms with Crippen molar-refractivity contribution in [3.8, 4) is 11.8 Å². The fourth-order valence-corrected chi connectivity index (χ4v) is 1.30. The van der Waals surface area contributed by atoms with Gasteiger partial charge < -0.3 is 4.74 Å². The van der Waals surface area contributed by atoms with Gasteiger partial charge >= 0.3 is 0 Å². The lowest BCUT2D eigenvalue weighted by molar-refractivity contribution is -0.384. The number of non-ortho nitro benzene ring substituents is 1. The number of nitriles is 1. The molecule has 1 unspecified atom stereocenters. The van der Waals surface area contributed by atoms with Crippen molar-refractivity contribution in [3.05, 3.63) is 34.4 Å². The standard InChI is InChI=1S/C12H15N3O3/c1-2-7-14-10(8-13)9-18-12-5-3-11(4-6-12)15(16)17/h3-6,10,14H,2,7,9H2,1H3. The largest absolute Gasteiger partial charge is 0.491 e. The maximum Gasteiger partial charge on any atom is 0.269 e. The Balaban J connectivity index is 2.47. The van der Waals surface area contributed by atoms with E-state index in [9.17, 15) is 10.1 Å². The van der Waals surface area contributed by atoms with Crippen molar-refractivity contribution in [3.63, 3.8) is 0 Å². The Hall–Kier alpha value is -2.13. The number of ether oxygens (including phenoxy) is 1. The lowest BCUT2D eigenvalue weighted by atomic mass is 10.3. The van der Waals surface area contributed by atoms with E-state index >= 15 is 0 Å². The maximum absolute atomic E-state index is 10.5. The zero-order valence-corrected chi connectivity index (χ0v) is 10.1. The molecule has 0 bridgehead atoms. The molecule has 0 aliphatic heterocycles. The molecule has 96 valence electrons. The van der Waals surface area contributed by atoms with Crippen LogP contribution in [0.25, 0.3) is 0 Å². The van der Waals surface area contributed by atoms with Crippen LogP contribution in [-0.4, -0.2) is 24.1 Å². The van der Waals surface area contributed by atoms with Crippen LogP contribution in [-0.2, 0) is 0 Å². The summed E-state index contributed by atoms with van der Waals surface area (Å²) in [6.07, 6.45) is 0.940. The Labute approximate surface area is 105 Å². The molecule has 6 heteroatoms. The van der Waals surface area contributed by atoms with Gasteiger partial charge in [0.05, 0.1) is 11.0 Å². The first-order chi connectivity index (χ1) is 8.67. The molecule has 0 aliphatic rings. The molecule has 1 atom stereocenters. The summed E-state index contributed by atoms with van der Waals surface area (Å²) in [6.45, 7) is 2.98. The van der Waals surface area contributed by atoms with E-state index in [2.05, 4.69) is 11.4 Å². The summed E-state index contributed by atoms with van der Waals surface area (Å²) in [5.41, 5.74) is 0.0169. The van der Waals surface area contributed by atoms with Crippen LogP contribution in [0.3, 0.4) is 0 Å². The average molecular weight is 249 g/mol. The third kappa shape index (κ3) is 4.39. The topological polar surface area (TPSA) is 88.2 Å².